The summed E-state index contributed by atoms with van der Waals surface area (Å²) in [7, 11) is 0. The van der Waals surface area contributed by atoms with Crippen molar-refractivity contribution in [3.05, 3.63) is 0 Å². The largest absolute Gasteiger partial charge is 0.393 e. The second kappa shape index (κ2) is 4.83. The molecule has 0 amide bonds. The Hall–Kier alpha value is -0.450. The highest BCUT2D eigenvalue weighted by Crippen LogP contribution is 2.71. The minimum atomic E-state index is -0.995. The van der Waals surface area contributed by atoms with E-state index in [-0.39, 0.29) is 29.0 Å². The van der Waals surface area contributed by atoms with Crippen LogP contribution in [0.3, 0.4) is 0 Å². The minimum Gasteiger partial charge on any atom is -0.393 e. The van der Waals surface area contributed by atoms with Crippen LogP contribution in [0, 0.1) is 39.9 Å². The van der Waals surface area contributed by atoms with Gasteiger partial charge >= 0.3 is 0 Å². The van der Waals surface area contributed by atoms with Crippen molar-refractivity contribution in [3.63, 3.8) is 0 Å². The van der Waals surface area contributed by atoms with Crippen molar-refractivity contribution in [1.82, 2.24) is 0 Å². The third-order valence-electron chi connectivity index (χ3n) is 8.94. The zero-order valence-electron chi connectivity index (χ0n) is 15.3. The summed E-state index contributed by atoms with van der Waals surface area (Å²) in [5.41, 5.74) is -1.42. The van der Waals surface area contributed by atoms with Gasteiger partial charge in [-0.3, -0.25) is 4.79 Å². The van der Waals surface area contributed by atoms with Gasteiger partial charge in [-0.25, -0.2) is 0 Å². The standard InChI is InChI=1S/C20H32O4/c1-10-11-5-6-12-19(4)8-7-13(21)18(2,3)15(19)14(22)17(24)20(12,9-11)16(10)23/h10-15,17,21-22,24H,5-9H2,1-4H3/t10-,11+,12+,13-,14+,15?,17-,19+,20+/m1/s1. The lowest BCUT2D eigenvalue weighted by atomic mass is 9.39. The lowest BCUT2D eigenvalue weighted by Crippen LogP contribution is -2.70. The first-order valence-corrected chi connectivity index (χ1v) is 9.67. The van der Waals surface area contributed by atoms with Gasteiger partial charge < -0.3 is 15.3 Å². The molecule has 4 aliphatic rings. The molecule has 4 nitrogen and oxygen atoms in total. The normalized spacial score (nSPS) is 59.0. The molecule has 4 heteroatoms. The Labute approximate surface area is 144 Å². The Morgan fingerprint density at radius 1 is 1.04 bits per heavy atom. The molecule has 0 aromatic carbocycles. The Morgan fingerprint density at radius 2 is 1.71 bits per heavy atom. The molecule has 1 unspecified atom stereocenters. The van der Waals surface area contributed by atoms with Crippen molar-refractivity contribution in [2.24, 2.45) is 39.9 Å². The fraction of sp³-hybridized carbons (Fsp3) is 0.950. The summed E-state index contributed by atoms with van der Waals surface area (Å²) in [4.78, 5) is 13.2. The topological polar surface area (TPSA) is 77.8 Å². The van der Waals surface area contributed by atoms with Gasteiger partial charge in [-0.05, 0) is 54.8 Å². The Morgan fingerprint density at radius 3 is 2.38 bits per heavy atom. The molecule has 0 aromatic heterocycles. The summed E-state index contributed by atoms with van der Waals surface area (Å²) < 4.78 is 0. The van der Waals surface area contributed by atoms with Gasteiger partial charge in [0.2, 0.25) is 0 Å². The molecule has 24 heavy (non-hydrogen) atoms. The summed E-state index contributed by atoms with van der Waals surface area (Å²) in [5, 5.41) is 32.8. The maximum atomic E-state index is 13.2. The number of Topliss-reactive ketones (excluding diaryl/α,β-unsaturated/α-hetero) is 1. The van der Waals surface area contributed by atoms with Crippen molar-refractivity contribution in [3.8, 4) is 0 Å². The minimum absolute atomic E-state index is 0.000749. The first kappa shape index (κ1) is 17.0. The molecule has 2 bridgehead atoms. The van der Waals surface area contributed by atoms with E-state index in [0.29, 0.717) is 12.3 Å². The second-order valence-electron chi connectivity index (χ2n) is 10.1. The molecule has 4 aliphatic carbocycles. The zero-order valence-corrected chi connectivity index (χ0v) is 15.3. The molecular weight excluding hydrogens is 304 g/mol. The van der Waals surface area contributed by atoms with Crippen LogP contribution in [0.15, 0.2) is 0 Å². The molecule has 4 saturated carbocycles. The smallest absolute Gasteiger partial charge is 0.145 e. The number of carbonyl (C=O) groups is 1. The van der Waals surface area contributed by atoms with E-state index in [0.717, 1.165) is 25.7 Å². The maximum Gasteiger partial charge on any atom is 0.145 e. The Balaban J connectivity index is 1.87. The number of ketones is 1. The fourth-order valence-corrected chi connectivity index (χ4v) is 7.78. The quantitative estimate of drug-likeness (QED) is 0.633. The molecule has 9 atom stereocenters. The number of fused-ring (bicyclic) bond motifs is 3. The van der Waals surface area contributed by atoms with E-state index in [1.807, 2.05) is 20.8 Å². The van der Waals surface area contributed by atoms with Gasteiger partial charge in [0.05, 0.1) is 23.7 Å². The number of aliphatic hydroxyl groups excluding tert-OH is 3. The summed E-state index contributed by atoms with van der Waals surface area (Å²) in [6, 6.07) is 0. The Bertz CT molecular complexity index is 572. The zero-order chi connectivity index (χ0) is 17.7. The number of hydrogen-bond acceptors (Lipinski definition) is 4. The third kappa shape index (κ3) is 1.68. The second-order valence-corrected chi connectivity index (χ2v) is 10.1. The van der Waals surface area contributed by atoms with Crippen LogP contribution >= 0.6 is 0 Å². The van der Waals surface area contributed by atoms with Gasteiger partial charge in [-0.15, -0.1) is 0 Å². The summed E-state index contributed by atoms with van der Waals surface area (Å²) in [6.45, 7) is 8.24. The SMILES string of the molecule is C[C@H]1C(=O)[C@]23C[C@@H]1CC[C@H]2[C@]1(C)CC[C@@H](O)C(C)(C)C1[C@H](O)[C@H]3O. The van der Waals surface area contributed by atoms with Crippen LogP contribution in [0.5, 0.6) is 0 Å². The van der Waals surface area contributed by atoms with Crippen LogP contribution in [-0.4, -0.2) is 39.4 Å². The van der Waals surface area contributed by atoms with E-state index in [1.54, 1.807) is 0 Å². The van der Waals surface area contributed by atoms with E-state index in [2.05, 4.69) is 6.92 Å². The third-order valence-corrected chi connectivity index (χ3v) is 8.94. The summed E-state index contributed by atoms with van der Waals surface area (Å²) >= 11 is 0. The Kier molecular flexibility index (Phi) is 3.42. The van der Waals surface area contributed by atoms with E-state index in [1.165, 1.54) is 0 Å². The van der Waals surface area contributed by atoms with Gasteiger partial charge in [-0.1, -0.05) is 27.7 Å². The van der Waals surface area contributed by atoms with Crippen molar-refractivity contribution in [1.29, 1.82) is 0 Å². The van der Waals surface area contributed by atoms with Gasteiger partial charge in [0.1, 0.15) is 5.78 Å². The van der Waals surface area contributed by atoms with Crippen molar-refractivity contribution >= 4 is 5.78 Å². The molecule has 0 radical (unpaired) electrons. The molecule has 4 fully saturated rings. The van der Waals surface area contributed by atoms with Crippen LogP contribution in [-0.2, 0) is 4.79 Å². The van der Waals surface area contributed by atoms with E-state index in [4.69, 9.17) is 0 Å². The molecule has 0 saturated heterocycles. The van der Waals surface area contributed by atoms with E-state index >= 15 is 0 Å². The molecule has 136 valence electrons. The predicted molar refractivity (Wildman–Crippen MR) is 90.1 cm³/mol. The van der Waals surface area contributed by atoms with Crippen molar-refractivity contribution in [2.45, 2.75) is 78.1 Å². The van der Waals surface area contributed by atoms with Gasteiger partial charge in [-0.2, -0.15) is 0 Å². The molecule has 0 aliphatic heterocycles. The highest BCUT2D eigenvalue weighted by atomic mass is 16.3. The highest BCUT2D eigenvalue weighted by molar-refractivity contribution is 5.91. The van der Waals surface area contributed by atoms with Gasteiger partial charge in [0.15, 0.2) is 0 Å². The van der Waals surface area contributed by atoms with Gasteiger partial charge in [0, 0.05) is 11.8 Å². The average Bonchev–Trinajstić information content (AvgIpc) is 2.71. The molecule has 3 N–H and O–H groups in total. The van der Waals surface area contributed by atoms with Gasteiger partial charge in [0.25, 0.3) is 0 Å². The first-order valence-electron chi connectivity index (χ1n) is 9.67. The number of aliphatic hydroxyl groups is 3. The maximum absolute atomic E-state index is 13.2. The first-order chi connectivity index (χ1) is 11.1. The van der Waals surface area contributed by atoms with Crippen LogP contribution in [0.4, 0.5) is 0 Å². The summed E-state index contributed by atoms with van der Waals surface area (Å²) in [5.74, 6) is 0.482. The molecule has 0 aromatic rings. The summed E-state index contributed by atoms with van der Waals surface area (Å²) in [6.07, 6.45) is 1.88. The number of hydrogen-bond donors (Lipinski definition) is 3. The van der Waals surface area contributed by atoms with Crippen LogP contribution in [0.1, 0.15) is 59.8 Å². The molecule has 1 spiro atoms. The molecule has 4 rings (SSSR count). The van der Waals surface area contributed by atoms with Crippen LogP contribution in [0.25, 0.3) is 0 Å². The van der Waals surface area contributed by atoms with Crippen LogP contribution < -0.4 is 0 Å². The predicted octanol–water partition coefficient (Wildman–Crippen LogP) is 2.15. The lowest BCUT2D eigenvalue weighted by molar-refractivity contribution is -0.261. The van der Waals surface area contributed by atoms with Crippen molar-refractivity contribution < 1.29 is 20.1 Å². The number of carbonyl (C=O) groups excluding carboxylic acids is 1. The van der Waals surface area contributed by atoms with Crippen molar-refractivity contribution in [2.75, 3.05) is 0 Å². The molecular formula is C20H32O4. The van der Waals surface area contributed by atoms with Crippen LogP contribution in [0.2, 0.25) is 0 Å². The molecule has 0 heterocycles. The highest BCUT2D eigenvalue weighted by Gasteiger charge is 2.73. The average molecular weight is 336 g/mol. The number of rotatable bonds is 0. The lowest BCUT2D eigenvalue weighted by Gasteiger charge is -2.66. The monoisotopic (exact) mass is 336 g/mol. The fourth-order valence-electron chi connectivity index (χ4n) is 7.78. The van der Waals surface area contributed by atoms with E-state index in [9.17, 15) is 20.1 Å². The van der Waals surface area contributed by atoms with E-state index < -0.39 is 29.1 Å².